The molecular weight excluding hydrogens is 911 g/mol. The van der Waals surface area contributed by atoms with Crippen molar-refractivity contribution in [2.75, 3.05) is 165 Å². The lowest BCUT2D eigenvalue weighted by molar-refractivity contribution is -0.197. The number of hydroxylamine groups is 2. The summed E-state index contributed by atoms with van der Waals surface area (Å²) >= 11 is 0. The first-order valence-electron chi connectivity index (χ1n) is 23.4. The van der Waals surface area contributed by atoms with Crippen LogP contribution in [0.15, 0.2) is 27.4 Å². The fraction of sp³-hybridized carbons (Fsp3) is 0.702. The summed E-state index contributed by atoms with van der Waals surface area (Å²) in [4.78, 5) is 76.8. The van der Waals surface area contributed by atoms with Gasteiger partial charge in [0.05, 0.1) is 144 Å². The largest absolute Gasteiger partial charge is 0.422 e. The maximum Gasteiger partial charge on any atom is 0.340 e. The van der Waals surface area contributed by atoms with E-state index >= 15 is 0 Å². The molecule has 22 nitrogen and oxygen atoms in total. The van der Waals surface area contributed by atoms with E-state index in [1.54, 1.807) is 37.1 Å². The molecule has 0 aliphatic carbocycles. The Morgan fingerprint density at radius 1 is 0.609 bits per heavy atom. The summed E-state index contributed by atoms with van der Waals surface area (Å²) in [6.45, 7) is 14.3. The van der Waals surface area contributed by atoms with Gasteiger partial charge in [0.1, 0.15) is 12.4 Å². The molecule has 0 unspecified atom stereocenters. The van der Waals surface area contributed by atoms with Crippen LogP contribution in [0, 0.1) is 6.92 Å². The molecule has 2 N–H and O–H groups in total. The number of amides is 3. The number of unbranched alkanes of at least 4 members (excludes halogenated alkanes) is 2. The normalized spacial score (nSPS) is 12.5. The van der Waals surface area contributed by atoms with Gasteiger partial charge in [0.25, 0.3) is 11.8 Å². The van der Waals surface area contributed by atoms with Crippen LogP contribution in [0.4, 0.5) is 5.69 Å². The van der Waals surface area contributed by atoms with E-state index in [4.69, 9.17) is 71.9 Å². The summed E-state index contributed by atoms with van der Waals surface area (Å²) < 4.78 is 65.5. The number of nitrogens with zero attached hydrogens (tertiary/aromatic N) is 2. The van der Waals surface area contributed by atoms with Crippen molar-refractivity contribution in [1.82, 2.24) is 9.96 Å². The first kappa shape index (κ1) is 60.7. The highest BCUT2D eigenvalue weighted by atomic mass is 16.7. The molecule has 1 aliphatic heterocycles. The van der Waals surface area contributed by atoms with Gasteiger partial charge in [-0.05, 0) is 43.9 Å². The SMILES string of the molecule is C=O.COCCOCCOCCOCCOCCOCCOCCOCCOCCOCCOCCCN(CCCCCC(=O)ON1C(=O)CCC1=O)C(=O)Cc1c(C)c2ccc(N)cc2oc1=O. The monoisotopic (exact) mass is 985 g/mol. The minimum Gasteiger partial charge on any atom is -0.422 e. The first-order valence-corrected chi connectivity index (χ1v) is 23.4. The number of nitrogens with two attached hydrogens (primary N) is 1. The number of hydrogen-bond donors (Lipinski definition) is 1. The predicted octanol–water partition coefficient (Wildman–Crippen LogP) is 2.24. The highest BCUT2D eigenvalue weighted by Gasteiger charge is 2.32. The van der Waals surface area contributed by atoms with Crippen molar-refractivity contribution in [3.05, 3.63) is 39.7 Å². The molecule has 1 fully saturated rings. The van der Waals surface area contributed by atoms with Crippen molar-refractivity contribution >= 4 is 47.1 Å². The Labute approximate surface area is 404 Å². The molecule has 392 valence electrons. The molecule has 0 saturated carbocycles. The minimum atomic E-state index is -0.667. The molecule has 2 heterocycles. The Balaban J connectivity index is 0.00000805. The highest BCUT2D eigenvalue weighted by molar-refractivity contribution is 6.01. The Morgan fingerprint density at radius 3 is 1.48 bits per heavy atom. The molecule has 1 saturated heterocycles. The molecule has 0 bridgehead atoms. The van der Waals surface area contributed by atoms with Crippen LogP contribution in [-0.4, -0.2) is 199 Å². The van der Waals surface area contributed by atoms with Crippen molar-refractivity contribution in [2.45, 2.75) is 58.3 Å². The summed E-state index contributed by atoms with van der Waals surface area (Å²) in [6, 6.07) is 5.06. The number of carbonyl (C=O) groups excluding carboxylic acids is 5. The molecule has 3 amide bonds. The van der Waals surface area contributed by atoms with Crippen LogP contribution in [0.5, 0.6) is 0 Å². The highest BCUT2D eigenvalue weighted by Crippen LogP contribution is 2.22. The number of aryl methyl sites for hydroxylation is 1. The van der Waals surface area contributed by atoms with E-state index in [1.807, 2.05) is 6.79 Å². The predicted molar refractivity (Wildman–Crippen MR) is 249 cm³/mol. The summed E-state index contributed by atoms with van der Waals surface area (Å²) in [5, 5.41) is 1.24. The van der Waals surface area contributed by atoms with Gasteiger partial charge < -0.3 is 76.8 Å². The molecular formula is C47H75N3O19. The lowest BCUT2D eigenvalue weighted by atomic mass is 10.0. The Morgan fingerprint density at radius 2 is 1.03 bits per heavy atom. The van der Waals surface area contributed by atoms with Crippen molar-refractivity contribution in [3.8, 4) is 0 Å². The number of carbonyl (C=O) groups is 5. The van der Waals surface area contributed by atoms with Gasteiger partial charge in [0, 0.05) is 63.2 Å². The van der Waals surface area contributed by atoms with Gasteiger partial charge in [0.15, 0.2) is 0 Å². The topological polar surface area (TPSA) is 259 Å². The standard InChI is InChI=1S/C46H73N3O18.CH2O/c1-37-39-9-8-38(47)35-41(39)66-46(54)40(37)36-44(52)48(12-5-3-4-7-45(53)67-49-42(50)10-11-43(49)51)13-6-14-56-17-18-58-21-22-60-25-26-62-29-30-64-33-34-65-32-31-63-28-27-61-24-23-59-20-19-57-16-15-55-2;1-2/h8-9,35H,3-7,10-34,36,47H2,1-2H3;1H2. The van der Waals surface area contributed by atoms with E-state index in [9.17, 15) is 24.0 Å². The number of imide groups is 1. The van der Waals surface area contributed by atoms with Crippen LogP contribution < -0.4 is 11.4 Å². The van der Waals surface area contributed by atoms with Crippen molar-refractivity contribution in [3.63, 3.8) is 0 Å². The summed E-state index contributed by atoms with van der Waals surface area (Å²) in [6.07, 6.45) is 2.05. The second-order valence-electron chi connectivity index (χ2n) is 15.1. The number of anilines is 1. The molecule has 1 aromatic carbocycles. The zero-order valence-corrected chi connectivity index (χ0v) is 40.6. The fourth-order valence-corrected chi connectivity index (χ4v) is 6.37. The summed E-state index contributed by atoms with van der Waals surface area (Å²) in [7, 11) is 1.64. The molecule has 2 aromatic rings. The van der Waals surface area contributed by atoms with Gasteiger partial charge in [0.2, 0.25) is 5.91 Å². The van der Waals surface area contributed by atoms with Crippen LogP contribution in [0.1, 0.15) is 56.1 Å². The molecule has 22 heteroatoms. The molecule has 1 aromatic heterocycles. The number of methoxy groups -OCH3 is 1. The summed E-state index contributed by atoms with van der Waals surface area (Å²) in [5.74, 6) is -1.97. The molecule has 3 rings (SSSR count). The third-order valence-corrected chi connectivity index (χ3v) is 10.00. The van der Waals surface area contributed by atoms with Crippen LogP contribution in [0.3, 0.4) is 0 Å². The number of benzene rings is 1. The van der Waals surface area contributed by atoms with E-state index in [-0.39, 0.29) is 37.2 Å². The van der Waals surface area contributed by atoms with E-state index in [1.165, 1.54) is 0 Å². The average Bonchev–Trinajstić information content (AvgIpc) is 3.66. The van der Waals surface area contributed by atoms with Crippen LogP contribution in [0.2, 0.25) is 0 Å². The molecule has 0 radical (unpaired) electrons. The number of fused-ring (bicyclic) bond motifs is 1. The van der Waals surface area contributed by atoms with Crippen molar-refractivity contribution in [1.29, 1.82) is 0 Å². The lowest BCUT2D eigenvalue weighted by Gasteiger charge is -2.23. The Kier molecular flexibility index (Phi) is 35.4. The van der Waals surface area contributed by atoms with Gasteiger partial charge in [-0.25, -0.2) is 9.59 Å². The zero-order chi connectivity index (χ0) is 50.2. The van der Waals surface area contributed by atoms with E-state index < -0.39 is 23.4 Å². The molecule has 69 heavy (non-hydrogen) atoms. The van der Waals surface area contributed by atoms with Gasteiger partial charge >= 0.3 is 11.6 Å². The second-order valence-corrected chi connectivity index (χ2v) is 15.1. The Bertz CT molecular complexity index is 1750. The number of rotatable bonds is 43. The average molecular weight is 986 g/mol. The van der Waals surface area contributed by atoms with E-state index in [2.05, 4.69) is 0 Å². The quantitative estimate of drug-likeness (QED) is 0.0432. The van der Waals surface area contributed by atoms with Gasteiger partial charge in [-0.1, -0.05) is 6.42 Å². The number of nitrogen functional groups attached to an aromatic ring is 1. The van der Waals surface area contributed by atoms with Crippen LogP contribution in [-0.2, 0) is 87.3 Å². The smallest absolute Gasteiger partial charge is 0.340 e. The van der Waals surface area contributed by atoms with Gasteiger partial charge in [-0.2, -0.15) is 0 Å². The zero-order valence-electron chi connectivity index (χ0n) is 40.6. The fourth-order valence-electron chi connectivity index (χ4n) is 6.37. The summed E-state index contributed by atoms with van der Waals surface area (Å²) in [5.41, 5.74) is 7.03. The maximum absolute atomic E-state index is 13.6. The molecule has 1 aliphatic rings. The third kappa shape index (κ3) is 28.1. The third-order valence-electron chi connectivity index (χ3n) is 10.00. The van der Waals surface area contributed by atoms with Crippen LogP contribution in [0.25, 0.3) is 11.0 Å². The molecule has 0 spiro atoms. The van der Waals surface area contributed by atoms with E-state index in [0.29, 0.717) is 205 Å². The minimum absolute atomic E-state index is 0.0144. The van der Waals surface area contributed by atoms with Crippen molar-refractivity contribution < 1.29 is 85.3 Å². The number of ether oxygens (including phenoxy) is 11. The maximum atomic E-state index is 13.6. The molecule has 0 atom stereocenters. The lowest BCUT2D eigenvalue weighted by Crippen LogP contribution is -2.36. The number of hydrogen-bond acceptors (Lipinski definition) is 20. The van der Waals surface area contributed by atoms with Gasteiger partial charge in [-0.15, -0.1) is 5.06 Å². The van der Waals surface area contributed by atoms with E-state index in [0.717, 1.165) is 0 Å². The van der Waals surface area contributed by atoms with Crippen LogP contribution >= 0.6 is 0 Å². The van der Waals surface area contributed by atoms with Crippen molar-refractivity contribution in [2.24, 2.45) is 0 Å². The first-order chi connectivity index (χ1) is 33.7. The Hall–Kier alpha value is -4.46. The second kappa shape index (κ2) is 40.3. The van der Waals surface area contributed by atoms with Gasteiger partial charge in [-0.3, -0.25) is 14.4 Å².